The molecule has 1 aromatic heterocycles. The lowest BCUT2D eigenvalue weighted by Crippen LogP contribution is -2.27. The standard InChI is InChI=1S/C17H22N6O4/c1-17(2,3)15(8-23-11-18-10-20-23)22-27-9-16(26)21-19-7-12-4-5-13(24)6-14(12)25/h4-7,10-11,24-25H,8-9H2,1-3H3,(H,21,26)/b19-7+,22-15+. The summed E-state index contributed by atoms with van der Waals surface area (Å²) in [6.07, 6.45) is 4.25. The third kappa shape index (κ3) is 6.42. The summed E-state index contributed by atoms with van der Waals surface area (Å²) in [5.41, 5.74) is 3.02. The van der Waals surface area contributed by atoms with Crippen molar-refractivity contribution in [2.24, 2.45) is 15.7 Å². The van der Waals surface area contributed by atoms with Gasteiger partial charge in [-0.25, -0.2) is 15.1 Å². The summed E-state index contributed by atoms with van der Waals surface area (Å²) in [6, 6.07) is 4.02. The van der Waals surface area contributed by atoms with Crippen LogP contribution in [-0.4, -0.2) is 49.4 Å². The van der Waals surface area contributed by atoms with Crippen LogP contribution in [0.15, 0.2) is 41.1 Å². The molecule has 0 spiro atoms. The second kappa shape index (κ2) is 8.79. The van der Waals surface area contributed by atoms with Gasteiger partial charge in [-0.15, -0.1) is 0 Å². The third-order valence-electron chi connectivity index (χ3n) is 3.42. The molecule has 1 aromatic carbocycles. The van der Waals surface area contributed by atoms with Crippen LogP contribution in [0.4, 0.5) is 0 Å². The molecule has 2 rings (SSSR count). The van der Waals surface area contributed by atoms with Gasteiger partial charge in [0.2, 0.25) is 0 Å². The molecule has 0 unspecified atom stereocenters. The molecule has 1 amide bonds. The Hall–Kier alpha value is -3.43. The average Bonchev–Trinajstić information content (AvgIpc) is 3.08. The smallest absolute Gasteiger partial charge is 0.280 e. The number of hydrogen-bond acceptors (Lipinski definition) is 8. The number of nitrogens with zero attached hydrogens (tertiary/aromatic N) is 5. The first-order valence-electron chi connectivity index (χ1n) is 8.11. The fourth-order valence-corrected chi connectivity index (χ4v) is 1.89. The Balaban J connectivity index is 1.87. The molecule has 0 atom stereocenters. The van der Waals surface area contributed by atoms with Gasteiger partial charge < -0.3 is 15.1 Å². The maximum Gasteiger partial charge on any atom is 0.280 e. The first-order valence-corrected chi connectivity index (χ1v) is 8.11. The molecular weight excluding hydrogens is 352 g/mol. The Bertz CT molecular complexity index is 824. The molecule has 2 aromatic rings. The predicted octanol–water partition coefficient (Wildman–Crippen LogP) is 1.26. The minimum Gasteiger partial charge on any atom is -0.508 e. The molecule has 0 aliphatic carbocycles. The highest BCUT2D eigenvalue weighted by Gasteiger charge is 2.21. The Labute approximate surface area is 156 Å². The van der Waals surface area contributed by atoms with Gasteiger partial charge in [0.1, 0.15) is 24.2 Å². The monoisotopic (exact) mass is 374 g/mol. The molecule has 0 radical (unpaired) electrons. The third-order valence-corrected chi connectivity index (χ3v) is 3.42. The van der Waals surface area contributed by atoms with Gasteiger partial charge in [0.15, 0.2) is 6.61 Å². The van der Waals surface area contributed by atoms with Gasteiger partial charge >= 0.3 is 0 Å². The van der Waals surface area contributed by atoms with Crippen LogP contribution in [0.1, 0.15) is 26.3 Å². The number of amides is 1. The van der Waals surface area contributed by atoms with E-state index < -0.39 is 5.91 Å². The molecule has 3 N–H and O–H groups in total. The van der Waals surface area contributed by atoms with Crippen LogP contribution in [0.25, 0.3) is 0 Å². The number of carbonyl (C=O) groups is 1. The average molecular weight is 374 g/mol. The number of aromatic hydroxyl groups is 2. The first kappa shape index (κ1) is 19.9. The number of nitrogens with one attached hydrogen (secondary N) is 1. The lowest BCUT2D eigenvalue weighted by Gasteiger charge is -2.20. The van der Waals surface area contributed by atoms with E-state index in [-0.39, 0.29) is 23.5 Å². The van der Waals surface area contributed by atoms with E-state index in [9.17, 15) is 15.0 Å². The van der Waals surface area contributed by atoms with Crippen molar-refractivity contribution in [3.8, 4) is 11.5 Å². The predicted molar refractivity (Wildman–Crippen MR) is 98.4 cm³/mol. The van der Waals surface area contributed by atoms with Crippen molar-refractivity contribution in [3.63, 3.8) is 0 Å². The zero-order chi connectivity index (χ0) is 19.9. The number of phenolic OH excluding ortho intramolecular Hbond substituents is 2. The number of oxime groups is 1. The van der Waals surface area contributed by atoms with E-state index in [0.29, 0.717) is 17.8 Å². The van der Waals surface area contributed by atoms with Crippen molar-refractivity contribution in [2.75, 3.05) is 6.61 Å². The van der Waals surface area contributed by atoms with Crippen molar-refractivity contribution in [1.82, 2.24) is 20.2 Å². The lowest BCUT2D eigenvalue weighted by atomic mass is 9.90. The van der Waals surface area contributed by atoms with E-state index in [1.54, 1.807) is 11.0 Å². The van der Waals surface area contributed by atoms with Crippen LogP contribution in [0.2, 0.25) is 0 Å². The normalized spacial score (nSPS) is 12.3. The van der Waals surface area contributed by atoms with Crippen LogP contribution < -0.4 is 5.43 Å². The second-order valence-electron chi connectivity index (χ2n) is 6.69. The van der Waals surface area contributed by atoms with Crippen LogP contribution in [0.3, 0.4) is 0 Å². The molecule has 27 heavy (non-hydrogen) atoms. The van der Waals surface area contributed by atoms with Gasteiger partial charge in [0.05, 0.1) is 18.5 Å². The van der Waals surface area contributed by atoms with E-state index in [0.717, 1.165) is 0 Å². The maximum atomic E-state index is 11.8. The van der Waals surface area contributed by atoms with Crippen LogP contribution in [-0.2, 0) is 16.2 Å². The summed E-state index contributed by atoms with van der Waals surface area (Å²) in [5.74, 6) is -0.737. The SMILES string of the molecule is CC(C)(C)/C(Cn1cncn1)=N/OCC(=O)N/N=C/c1ccc(O)cc1O. The quantitative estimate of drug-likeness (QED) is 0.493. The number of hydrazone groups is 1. The van der Waals surface area contributed by atoms with E-state index in [1.165, 1.54) is 30.7 Å². The van der Waals surface area contributed by atoms with Crippen molar-refractivity contribution < 1.29 is 19.8 Å². The van der Waals surface area contributed by atoms with Gasteiger partial charge in [-0.1, -0.05) is 25.9 Å². The highest BCUT2D eigenvalue weighted by Crippen LogP contribution is 2.20. The van der Waals surface area contributed by atoms with Crippen molar-refractivity contribution in [3.05, 3.63) is 36.4 Å². The molecule has 10 nitrogen and oxygen atoms in total. The van der Waals surface area contributed by atoms with Crippen LogP contribution in [0, 0.1) is 5.41 Å². The fraction of sp³-hybridized carbons (Fsp3) is 0.353. The Morgan fingerprint density at radius 2 is 2.15 bits per heavy atom. The second-order valence-corrected chi connectivity index (χ2v) is 6.69. The minimum absolute atomic E-state index is 0.0690. The molecule has 0 fully saturated rings. The van der Waals surface area contributed by atoms with Gasteiger partial charge in [0.25, 0.3) is 5.91 Å². The van der Waals surface area contributed by atoms with Gasteiger partial charge in [-0.3, -0.25) is 4.79 Å². The number of carbonyl (C=O) groups excluding carboxylic acids is 1. The summed E-state index contributed by atoms with van der Waals surface area (Å²) in [7, 11) is 0. The molecule has 1 heterocycles. The summed E-state index contributed by atoms with van der Waals surface area (Å²) in [4.78, 5) is 20.8. The maximum absolute atomic E-state index is 11.8. The molecule has 10 heteroatoms. The van der Waals surface area contributed by atoms with E-state index >= 15 is 0 Å². The van der Waals surface area contributed by atoms with E-state index in [2.05, 4.69) is 25.8 Å². The minimum atomic E-state index is -0.512. The zero-order valence-electron chi connectivity index (χ0n) is 15.3. The van der Waals surface area contributed by atoms with Gasteiger partial charge in [-0.05, 0) is 12.1 Å². The van der Waals surface area contributed by atoms with Crippen molar-refractivity contribution >= 4 is 17.8 Å². The fourth-order valence-electron chi connectivity index (χ4n) is 1.89. The molecule has 0 bridgehead atoms. The summed E-state index contributed by atoms with van der Waals surface area (Å²) in [6.45, 7) is 5.99. The largest absolute Gasteiger partial charge is 0.508 e. The lowest BCUT2D eigenvalue weighted by molar-refractivity contribution is -0.125. The highest BCUT2D eigenvalue weighted by atomic mass is 16.6. The Kier molecular flexibility index (Phi) is 6.47. The number of phenols is 2. The van der Waals surface area contributed by atoms with Crippen LogP contribution >= 0.6 is 0 Å². The Morgan fingerprint density at radius 3 is 2.78 bits per heavy atom. The molecule has 0 saturated carbocycles. The first-order chi connectivity index (χ1) is 12.8. The highest BCUT2D eigenvalue weighted by molar-refractivity contribution is 5.89. The summed E-state index contributed by atoms with van der Waals surface area (Å²) < 4.78 is 1.61. The van der Waals surface area contributed by atoms with Crippen LogP contribution in [0.5, 0.6) is 11.5 Å². The van der Waals surface area contributed by atoms with E-state index in [4.69, 9.17) is 4.84 Å². The molecular formula is C17H22N6O4. The summed E-state index contributed by atoms with van der Waals surface area (Å²) >= 11 is 0. The van der Waals surface area contributed by atoms with E-state index in [1.807, 2.05) is 20.8 Å². The topological polar surface area (TPSA) is 134 Å². The molecule has 0 aliphatic rings. The number of hydrogen-bond donors (Lipinski definition) is 3. The molecule has 0 saturated heterocycles. The van der Waals surface area contributed by atoms with Gasteiger partial charge in [-0.2, -0.15) is 10.2 Å². The van der Waals surface area contributed by atoms with Gasteiger partial charge in [0, 0.05) is 17.0 Å². The zero-order valence-corrected chi connectivity index (χ0v) is 15.3. The van der Waals surface area contributed by atoms with Crippen molar-refractivity contribution in [2.45, 2.75) is 27.3 Å². The number of benzene rings is 1. The molecule has 0 aliphatic heterocycles. The Morgan fingerprint density at radius 1 is 1.37 bits per heavy atom. The van der Waals surface area contributed by atoms with Crippen molar-refractivity contribution in [1.29, 1.82) is 0 Å². The number of rotatable bonds is 7. The molecule has 144 valence electrons. The number of aromatic nitrogens is 3. The summed E-state index contributed by atoms with van der Waals surface area (Å²) in [5, 5.41) is 30.6.